The average molecular weight is 422 g/mol. The fourth-order valence-electron chi connectivity index (χ4n) is 4.65. The molecule has 0 amide bonds. The highest BCUT2D eigenvalue weighted by Crippen LogP contribution is 2.33. The van der Waals surface area contributed by atoms with Crippen molar-refractivity contribution in [3.63, 3.8) is 0 Å². The minimum Gasteiger partial charge on any atom is -0.426 e. The molecule has 1 fully saturated rings. The molecule has 168 valence electrons. The van der Waals surface area contributed by atoms with Crippen molar-refractivity contribution < 1.29 is 9.53 Å². The number of aryl methyl sites for hydroxylation is 1. The first-order valence-corrected chi connectivity index (χ1v) is 12.5. The molecule has 3 nitrogen and oxygen atoms in total. The lowest BCUT2D eigenvalue weighted by molar-refractivity contribution is -0.140. The van der Waals surface area contributed by atoms with E-state index >= 15 is 0 Å². The summed E-state index contributed by atoms with van der Waals surface area (Å²) in [5, 5.41) is 0. The van der Waals surface area contributed by atoms with Gasteiger partial charge in [0.1, 0.15) is 5.75 Å². The predicted molar refractivity (Wildman–Crippen MR) is 128 cm³/mol. The second kappa shape index (κ2) is 12.6. The molecule has 0 unspecified atom stereocenters. The van der Waals surface area contributed by atoms with Crippen LogP contribution in [0, 0.1) is 11.8 Å². The van der Waals surface area contributed by atoms with Gasteiger partial charge >= 0.3 is 5.97 Å². The molecule has 1 aromatic carbocycles. The van der Waals surface area contributed by atoms with Crippen LogP contribution in [0.25, 0.3) is 11.3 Å². The first kappa shape index (κ1) is 23.5. The van der Waals surface area contributed by atoms with Gasteiger partial charge in [-0.2, -0.15) is 0 Å². The van der Waals surface area contributed by atoms with Gasteiger partial charge in [0, 0.05) is 11.8 Å². The van der Waals surface area contributed by atoms with Gasteiger partial charge in [0.15, 0.2) is 0 Å². The van der Waals surface area contributed by atoms with Crippen LogP contribution in [0.15, 0.2) is 42.6 Å². The zero-order valence-corrected chi connectivity index (χ0v) is 19.4. The number of pyridine rings is 1. The number of benzene rings is 1. The number of esters is 1. The molecule has 1 saturated carbocycles. The van der Waals surface area contributed by atoms with Gasteiger partial charge in [-0.25, -0.2) is 0 Å². The number of carbonyl (C=O) groups excluding carboxylic acids is 1. The lowest BCUT2D eigenvalue weighted by Crippen LogP contribution is -2.25. The van der Waals surface area contributed by atoms with E-state index in [1.165, 1.54) is 56.9 Å². The summed E-state index contributed by atoms with van der Waals surface area (Å²) in [7, 11) is 0. The highest BCUT2D eigenvalue weighted by molar-refractivity contribution is 5.75. The van der Waals surface area contributed by atoms with Gasteiger partial charge in [0.05, 0.1) is 11.6 Å². The molecule has 0 radical (unpaired) electrons. The number of aromatic nitrogens is 1. The van der Waals surface area contributed by atoms with Crippen LogP contribution in [-0.2, 0) is 11.2 Å². The standard InChI is InChI=1S/C28H39NO2/c1-3-5-6-7-8-10-22-11-14-25(15-12-22)28(30)31-26-18-16-24(17-19-26)27-20-13-23(9-4-2)21-29-27/h13,16-22,25H,3-12,14-15H2,1-2H3/t22-,25-. The van der Waals surface area contributed by atoms with Crippen LogP contribution in [0.2, 0.25) is 0 Å². The fraction of sp³-hybridized carbons (Fsp3) is 0.571. The van der Waals surface area contributed by atoms with Crippen LogP contribution in [0.5, 0.6) is 5.75 Å². The molecule has 31 heavy (non-hydrogen) atoms. The summed E-state index contributed by atoms with van der Waals surface area (Å²) in [6.45, 7) is 4.44. The Bertz CT molecular complexity index is 774. The molecule has 0 spiro atoms. The molecule has 3 rings (SSSR count). The van der Waals surface area contributed by atoms with Gasteiger partial charge in [-0.05, 0) is 73.9 Å². The minimum atomic E-state index is -0.0591. The first-order valence-electron chi connectivity index (χ1n) is 12.5. The number of hydrogen-bond acceptors (Lipinski definition) is 3. The van der Waals surface area contributed by atoms with Crippen molar-refractivity contribution in [2.75, 3.05) is 0 Å². The van der Waals surface area contributed by atoms with Gasteiger partial charge in [-0.15, -0.1) is 0 Å². The minimum absolute atomic E-state index is 0.0591. The molecule has 1 aromatic heterocycles. The molecular formula is C28H39NO2. The van der Waals surface area contributed by atoms with E-state index in [1.807, 2.05) is 30.5 Å². The lowest BCUT2D eigenvalue weighted by atomic mass is 9.80. The van der Waals surface area contributed by atoms with E-state index in [9.17, 15) is 4.79 Å². The monoisotopic (exact) mass is 421 g/mol. The summed E-state index contributed by atoms with van der Waals surface area (Å²) in [6.07, 6.45) is 16.5. The molecule has 0 atom stereocenters. The van der Waals surface area contributed by atoms with E-state index in [-0.39, 0.29) is 11.9 Å². The number of hydrogen-bond donors (Lipinski definition) is 0. The maximum absolute atomic E-state index is 12.6. The molecule has 0 aliphatic heterocycles. The van der Waals surface area contributed by atoms with Crippen LogP contribution in [0.1, 0.15) is 90.0 Å². The van der Waals surface area contributed by atoms with E-state index in [4.69, 9.17) is 4.74 Å². The van der Waals surface area contributed by atoms with Gasteiger partial charge in [-0.3, -0.25) is 9.78 Å². The van der Waals surface area contributed by atoms with E-state index < -0.39 is 0 Å². The molecule has 3 heteroatoms. The van der Waals surface area contributed by atoms with Crippen molar-refractivity contribution in [2.24, 2.45) is 11.8 Å². The Morgan fingerprint density at radius 2 is 1.65 bits per heavy atom. The van der Waals surface area contributed by atoms with Crippen molar-refractivity contribution in [1.82, 2.24) is 4.98 Å². The van der Waals surface area contributed by atoms with E-state index in [0.29, 0.717) is 5.75 Å². The van der Waals surface area contributed by atoms with Gasteiger partial charge in [0.2, 0.25) is 0 Å². The first-order chi connectivity index (χ1) is 15.2. The summed E-state index contributed by atoms with van der Waals surface area (Å²) in [5.74, 6) is 1.44. The largest absolute Gasteiger partial charge is 0.426 e. The maximum atomic E-state index is 12.6. The molecule has 2 aromatic rings. The Labute approximate surface area is 188 Å². The SMILES string of the molecule is CCCCCCC[C@H]1CC[C@H](C(=O)Oc2ccc(-c3ccc(CCC)cn3)cc2)CC1. The third-order valence-electron chi connectivity index (χ3n) is 6.63. The molecule has 1 heterocycles. The number of rotatable bonds is 11. The molecule has 1 aliphatic rings. The Morgan fingerprint density at radius 3 is 2.29 bits per heavy atom. The number of unbranched alkanes of at least 4 members (excludes halogenated alkanes) is 4. The summed E-state index contributed by atoms with van der Waals surface area (Å²) < 4.78 is 5.70. The zero-order chi connectivity index (χ0) is 21.9. The highest BCUT2D eigenvalue weighted by atomic mass is 16.5. The summed E-state index contributed by atoms with van der Waals surface area (Å²) in [5.41, 5.74) is 3.26. The highest BCUT2D eigenvalue weighted by Gasteiger charge is 2.27. The lowest BCUT2D eigenvalue weighted by Gasteiger charge is -2.27. The van der Waals surface area contributed by atoms with Crippen LogP contribution in [0.3, 0.4) is 0 Å². The molecule has 0 N–H and O–H groups in total. The Hall–Kier alpha value is -2.16. The van der Waals surface area contributed by atoms with Crippen LogP contribution >= 0.6 is 0 Å². The second-order valence-electron chi connectivity index (χ2n) is 9.17. The van der Waals surface area contributed by atoms with Crippen LogP contribution in [-0.4, -0.2) is 11.0 Å². The quantitative estimate of drug-likeness (QED) is 0.211. The second-order valence-corrected chi connectivity index (χ2v) is 9.17. The van der Waals surface area contributed by atoms with Crippen molar-refractivity contribution in [2.45, 2.75) is 90.9 Å². The number of nitrogens with zero attached hydrogens (tertiary/aromatic N) is 1. The molecule has 0 bridgehead atoms. The van der Waals surface area contributed by atoms with Crippen LogP contribution < -0.4 is 4.74 Å². The van der Waals surface area contributed by atoms with Crippen molar-refractivity contribution >= 4 is 5.97 Å². The van der Waals surface area contributed by atoms with Gasteiger partial charge in [-0.1, -0.05) is 64.9 Å². The third-order valence-corrected chi connectivity index (χ3v) is 6.63. The molecular weight excluding hydrogens is 382 g/mol. The summed E-state index contributed by atoms with van der Waals surface area (Å²) in [4.78, 5) is 17.2. The van der Waals surface area contributed by atoms with E-state index in [2.05, 4.69) is 31.0 Å². The van der Waals surface area contributed by atoms with Crippen molar-refractivity contribution in [1.29, 1.82) is 0 Å². The topological polar surface area (TPSA) is 39.2 Å². The zero-order valence-electron chi connectivity index (χ0n) is 19.4. The normalized spacial score (nSPS) is 18.6. The Balaban J connectivity index is 1.42. The van der Waals surface area contributed by atoms with Crippen molar-refractivity contribution in [3.05, 3.63) is 48.2 Å². The summed E-state index contributed by atoms with van der Waals surface area (Å²) >= 11 is 0. The third kappa shape index (κ3) is 7.48. The maximum Gasteiger partial charge on any atom is 0.314 e. The summed E-state index contributed by atoms with van der Waals surface area (Å²) in [6, 6.07) is 11.9. The van der Waals surface area contributed by atoms with Crippen LogP contribution in [0.4, 0.5) is 0 Å². The Morgan fingerprint density at radius 1 is 0.903 bits per heavy atom. The van der Waals surface area contributed by atoms with E-state index in [1.54, 1.807) is 0 Å². The Kier molecular flexibility index (Phi) is 9.58. The van der Waals surface area contributed by atoms with Gasteiger partial charge < -0.3 is 4.74 Å². The predicted octanol–water partition coefficient (Wildman–Crippen LogP) is 7.77. The molecule has 0 saturated heterocycles. The van der Waals surface area contributed by atoms with Crippen molar-refractivity contribution in [3.8, 4) is 17.0 Å². The van der Waals surface area contributed by atoms with Gasteiger partial charge in [0.25, 0.3) is 0 Å². The smallest absolute Gasteiger partial charge is 0.314 e. The number of carbonyl (C=O) groups is 1. The average Bonchev–Trinajstić information content (AvgIpc) is 2.81. The number of ether oxygens (including phenoxy) is 1. The fourth-order valence-corrected chi connectivity index (χ4v) is 4.65. The van der Waals surface area contributed by atoms with E-state index in [0.717, 1.165) is 42.9 Å². The molecule has 1 aliphatic carbocycles.